The van der Waals surface area contributed by atoms with E-state index in [1.807, 2.05) is 12.3 Å². The van der Waals surface area contributed by atoms with Crippen molar-refractivity contribution < 1.29 is 18.7 Å². The summed E-state index contributed by atoms with van der Waals surface area (Å²) in [6.07, 6.45) is 6.98. The average Bonchev–Trinajstić information content (AvgIpc) is 3.38. The Hall–Kier alpha value is -3.09. The van der Waals surface area contributed by atoms with Gasteiger partial charge in [0.15, 0.2) is 0 Å². The molecule has 4 rings (SSSR count). The molecule has 12 heteroatoms. The van der Waals surface area contributed by atoms with Crippen molar-refractivity contribution in [3.8, 4) is 11.6 Å². The van der Waals surface area contributed by atoms with Gasteiger partial charge in [0.2, 0.25) is 17.7 Å². The number of hydrogen-bond donors (Lipinski definition) is 2. The van der Waals surface area contributed by atoms with Gasteiger partial charge in [-0.3, -0.25) is 4.79 Å². The Labute approximate surface area is 227 Å². The second-order valence-corrected chi connectivity index (χ2v) is 10.4. The van der Waals surface area contributed by atoms with E-state index in [-0.39, 0.29) is 23.8 Å². The summed E-state index contributed by atoms with van der Waals surface area (Å²) in [5.74, 6) is -0.362. The number of halogens is 1. The number of ether oxygens (including phenoxy) is 2. The summed E-state index contributed by atoms with van der Waals surface area (Å²) < 4.78 is 28.2. The molecular weight excluding hydrogens is 509 g/mol. The van der Waals surface area contributed by atoms with Crippen LogP contribution in [-0.2, 0) is 4.79 Å². The van der Waals surface area contributed by atoms with Crippen LogP contribution in [0.3, 0.4) is 0 Å². The van der Waals surface area contributed by atoms with Gasteiger partial charge in [-0.15, -0.1) is 0 Å². The molecule has 1 amide bonds. The number of benzene rings is 1. The number of rotatable bonds is 10. The highest BCUT2D eigenvalue weighted by Gasteiger charge is 2.26. The molecule has 1 unspecified atom stereocenters. The molecule has 0 radical (unpaired) electrons. The summed E-state index contributed by atoms with van der Waals surface area (Å²) in [6, 6.07) is 4.17. The van der Waals surface area contributed by atoms with Gasteiger partial charge in [0, 0.05) is 38.3 Å². The number of methoxy groups -OCH3 is 1. The molecule has 2 aliphatic rings. The summed E-state index contributed by atoms with van der Waals surface area (Å²) >= 11 is 1.64. The van der Waals surface area contributed by atoms with Crippen LogP contribution in [0.15, 0.2) is 31.0 Å². The first kappa shape index (κ1) is 27.9. The zero-order valence-corrected chi connectivity index (χ0v) is 23.2. The number of carbonyl (C=O) groups excluding carboxylic acids is 1. The molecule has 3 heterocycles. The fraction of sp³-hybridized carbons (Fsp3) is 0.500. The van der Waals surface area contributed by atoms with Crippen molar-refractivity contribution in [3.05, 3.63) is 36.8 Å². The highest BCUT2D eigenvalue weighted by Crippen LogP contribution is 2.39. The fourth-order valence-corrected chi connectivity index (χ4v) is 5.34. The van der Waals surface area contributed by atoms with Crippen molar-refractivity contribution in [2.45, 2.75) is 31.4 Å². The summed E-state index contributed by atoms with van der Waals surface area (Å²) in [5, 5.41) is 6.02. The van der Waals surface area contributed by atoms with Gasteiger partial charge in [-0.25, -0.2) is 9.29 Å². The van der Waals surface area contributed by atoms with E-state index in [2.05, 4.69) is 55.4 Å². The first-order valence-corrected chi connectivity index (χ1v) is 13.8. The van der Waals surface area contributed by atoms with Gasteiger partial charge in [-0.2, -0.15) is 9.37 Å². The van der Waals surface area contributed by atoms with Crippen LogP contribution >= 0.6 is 11.9 Å². The summed E-state index contributed by atoms with van der Waals surface area (Å²) in [7, 11) is 5.77. The van der Waals surface area contributed by atoms with Crippen LogP contribution in [0.25, 0.3) is 0 Å². The number of nitrogens with one attached hydrogen (secondary N) is 2. The Morgan fingerprint density at radius 1 is 1.24 bits per heavy atom. The van der Waals surface area contributed by atoms with Crippen LogP contribution in [0, 0.1) is 5.82 Å². The van der Waals surface area contributed by atoms with Crippen molar-refractivity contribution in [1.82, 2.24) is 19.2 Å². The van der Waals surface area contributed by atoms with E-state index in [1.165, 1.54) is 6.08 Å². The third kappa shape index (κ3) is 6.66. The van der Waals surface area contributed by atoms with Gasteiger partial charge in [0.1, 0.15) is 11.9 Å². The van der Waals surface area contributed by atoms with Crippen LogP contribution in [0.5, 0.6) is 11.6 Å². The second-order valence-electron chi connectivity index (χ2n) is 9.52. The van der Waals surface area contributed by atoms with E-state index in [0.717, 1.165) is 50.8 Å². The Balaban J connectivity index is 1.59. The molecule has 206 valence electrons. The number of aromatic nitrogens is 2. The van der Waals surface area contributed by atoms with Crippen LogP contribution in [0.4, 0.5) is 27.4 Å². The highest BCUT2D eigenvalue weighted by atomic mass is 32.2. The van der Waals surface area contributed by atoms with Crippen molar-refractivity contribution in [2.75, 3.05) is 69.2 Å². The molecular formula is C26H36FN7O3S. The average molecular weight is 546 g/mol. The maximum absolute atomic E-state index is 14.5. The summed E-state index contributed by atoms with van der Waals surface area (Å²) in [5.41, 5.74) is 1.97. The van der Waals surface area contributed by atoms with Gasteiger partial charge >= 0.3 is 0 Å². The molecule has 0 aliphatic carbocycles. The third-order valence-electron chi connectivity index (χ3n) is 6.90. The lowest BCUT2D eigenvalue weighted by Gasteiger charge is -2.37. The van der Waals surface area contributed by atoms with E-state index in [0.29, 0.717) is 29.7 Å². The smallest absolute Gasteiger partial charge is 0.255 e. The van der Waals surface area contributed by atoms with E-state index < -0.39 is 5.82 Å². The molecule has 0 spiro atoms. The van der Waals surface area contributed by atoms with Crippen molar-refractivity contribution in [1.29, 1.82) is 0 Å². The molecule has 1 aromatic carbocycles. The lowest BCUT2D eigenvalue weighted by atomic mass is 10.0. The van der Waals surface area contributed by atoms with Gasteiger partial charge in [-0.05, 0) is 51.8 Å². The number of amides is 1. The zero-order chi connectivity index (χ0) is 27.2. The van der Waals surface area contributed by atoms with Crippen molar-refractivity contribution in [2.24, 2.45) is 0 Å². The monoisotopic (exact) mass is 545 g/mol. The zero-order valence-electron chi connectivity index (χ0n) is 22.4. The van der Waals surface area contributed by atoms with E-state index in [1.54, 1.807) is 25.1 Å². The Morgan fingerprint density at radius 3 is 2.63 bits per heavy atom. The molecule has 38 heavy (non-hydrogen) atoms. The predicted octanol–water partition coefficient (Wildman–Crippen LogP) is 3.75. The van der Waals surface area contributed by atoms with Crippen molar-refractivity contribution >= 4 is 40.9 Å². The van der Waals surface area contributed by atoms with Crippen molar-refractivity contribution in [3.63, 3.8) is 0 Å². The molecule has 0 bridgehead atoms. The van der Waals surface area contributed by atoms with Gasteiger partial charge < -0.3 is 29.9 Å². The minimum atomic E-state index is -0.625. The lowest BCUT2D eigenvalue weighted by molar-refractivity contribution is -0.111. The lowest BCUT2D eigenvalue weighted by Crippen LogP contribution is -2.42. The predicted molar refractivity (Wildman–Crippen MR) is 150 cm³/mol. The molecule has 0 saturated carbocycles. The van der Waals surface area contributed by atoms with Crippen LogP contribution in [0.1, 0.15) is 19.3 Å². The van der Waals surface area contributed by atoms with Gasteiger partial charge in [-0.1, -0.05) is 18.5 Å². The van der Waals surface area contributed by atoms with Crippen LogP contribution < -0.4 is 25.0 Å². The normalized spacial score (nSPS) is 18.5. The summed E-state index contributed by atoms with van der Waals surface area (Å²) in [4.78, 5) is 25.1. The number of anilines is 4. The minimum absolute atomic E-state index is 0.102. The second kappa shape index (κ2) is 12.6. The fourth-order valence-electron chi connectivity index (χ4n) is 4.74. The molecule has 10 nitrogen and oxygen atoms in total. The first-order chi connectivity index (χ1) is 18.3. The largest absolute Gasteiger partial charge is 0.494 e. The number of hydrogen-bond acceptors (Lipinski definition) is 10. The van der Waals surface area contributed by atoms with E-state index >= 15 is 0 Å². The van der Waals surface area contributed by atoms with Crippen LogP contribution in [-0.4, -0.2) is 90.9 Å². The SMILES string of the molecule is C=CC(=O)Nc1cc(Nc2ncc(F)c(OC3CCN(SC)C3)n2)c(OC)cc1N1CCC(N(C)C)CC1. The topological polar surface area (TPSA) is 95.1 Å². The van der Waals surface area contributed by atoms with Crippen LogP contribution in [0.2, 0.25) is 0 Å². The molecule has 2 saturated heterocycles. The molecule has 1 aromatic heterocycles. The number of carbonyl (C=O) groups is 1. The molecule has 1 atom stereocenters. The summed E-state index contributed by atoms with van der Waals surface area (Å²) in [6.45, 7) is 6.83. The minimum Gasteiger partial charge on any atom is -0.494 e. The number of piperidine rings is 1. The first-order valence-electron chi connectivity index (χ1n) is 12.6. The standard InChI is InChI=1S/C26H36FN7O3S/c1-6-24(35)29-20-13-21(23(36-4)14-22(20)33-10-7-17(8-11-33)32(2)3)30-26-28-15-19(27)25(31-26)37-18-9-12-34(16-18)38-5/h6,13-15,17-18H,1,7-12,16H2,2-5H3,(H,29,35)(H,28,30,31). The van der Waals surface area contributed by atoms with Gasteiger partial charge in [0.25, 0.3) is 5.88 Å². The quantitative estimate of drug-likeness (QED) is 0.340. The molecule has 2 N–H and O–H groups in total. The Bertz CT molecular complexity index is 1140. The Kier molecular flexibility index (Phi) is 9.29. The maximum atomic E-state index is 14.5. The molecule has 2 aromatic rings. The Morgan fingerprint density at radius 2 is 2.00 bits per heavy atom. The highest BCUT2D eigenvalue weighted by molar-refractivity contribution is 7.96. The maximum Gasteiger partial charge on any atom is 0.255 e. The third-order valence-corrected chi connectivity index (χ3v) is 7.75. The molecule has 2 aliphatic heterocycles. The number of nitrogens with zero attached hydrogens (tertiary/aromatic N) is 5. The van der Waals surface area contributed by atoms with E-state index in [9.17, 15) is 9.18 Å². The van der Waals surface area contributed by atoms with E-state index in [4.69, 9.17) is 9.47 Å². The molecule has 2 fully saturated rings. The van der Waals surface area contributed by atoms with Gasteiger partial charge in [0.05, 0.1) is 30.4 Å².